The summed E-state index contributed by atoms with van der Waals surface area (Å²) in [6.45, 7) is 3.70. The second kappa shape index (κ2) is 8.48. The van der Waals surface area contributed by atoms with Crippen LogP contribution < -0.4 is 11.3 Å². The molecule has 0 aliphatic rings. The normalized spacial score (nSPS) is 12.4. The molecule has 0 amide bonds. The molecule has 0 radical (unpaired) electrons. The lowest BCUT2D eigenvalue weighted by molar-refractivity contribution is 0.475. The number of unbranched alkanes of at least 4 members (excludes halogenated alkanes) is 3. The van der Waals surface area contributed by atoms with Gasteiger partial charge in [-0.25, -0.2) is 0 Å². The quantitative estimate of drug-likeness (QED) is 0.328. The van der Waals surface area contributed by atoms with Gasteiger partial charge in [-0.2, -0.15) is 0 Å². The molecule has 5 heteroatoms. The number of halogens is 2. The van der Waals surface area contributed by atoms with Crippen molar-refractivity contribution >= 4 is 23.2 Å². The van der Waals surface area contributed by atoms with Crippen LogP contribution in [-0.4, -0.2) is 4.98 Å². The summed E-state index contributed by atoms with van der Waals surface area (Å²) in [7, 11) is 0. The molecule has 0 aliphatic heterocycles. The summed E-state index contributed by atoms with van der Waals surface area (Å²) in [6.07, 6.45) is 8.87. The molecule has 100 valence electrons. The van der Waals surface area contributed by atoms with Gasteiger partial charge in [0.1, 0.15) is 0 Å². The van der Waals surface area contributed by atoms with Gasteiger partial charge in [0, 0.05) is 6.20 Å². The topological polar surface area (TPSA) is 50.9 Å². The Labute approximate surface area is 118 Å². The number of hydrogen-bond donors (Lipinski definition) is 2. The Morgan fingerprint density at radius 1 is 1.39 bits per heavy atom. The lowest BCUT2D eigenvalue weighted by Crippen LogP contribution is -2.28. The van der Waals surface area contributed by atoms with E-state index in [9.17, 15) is 0 Å². The number of allylic oxidation sites excluding steroid dienone is 1. The summed E-state index contributed by atoms with van der Waals surface area (Å²) >= 11 is 11.9. The molecule has 0 aliphatic carbocycles. The van der Waals surface area contributed by atoms with Crippen molar-refractivity contribution in [2.75, 3.05) is 0 Å². The van der Waals surface area contributed by atoms with E-state index >= 15 is 0 Å². The smallest absolute Gasteiger partial charge is 0.0773 e. The van der Waals surface area contributed by atoms with Gasteiger partial charge in [0.15, 0.2) is 0 Å². The Morgan fingerprint density at radius 3 is 2.78 bits per heavy atom. The van der Waals surface area contributed by atoms with Crippen molar-refractivity contribution in [1.82, 2.24) is 10.4 Å². The summed E-state index contributed by atoms with van der Waals surface area (Å²) in [5.41, 5.74) is 3.52. The first-order chi connectivity index (χ1) is 8.69. The molecule has 1 atom stereocenters. The van der Waals surface area contributed by atoms with E-state index in [1.54, 1.807) is 12.3 Å². The van der Waals surface area contributed by atoms with E-state index in [0.717, 1.165) is 37.8 Å². The number of rotatable bonds is 8. The van der Waals surface area contributed by atoms with Crippen molar-refractivity contribution in [3.05, 3.63) is 40.7 Å². The Hall–Kier alpha value is -0.610. The Bertz CT molecular complexity index is 382. The first-order valence-corrected chi connectivity index (χ1v) is 6.82. The van der Waals surface area contributed by atoms with Gasteiger partial charge in [-0.3, -0.25) is 16.3 Å². The molecule has 0 aromatic carbocycles. The molecule has 0 fully saturated rings. The van der Waals surface area contributed by atoms with Gasteiger partial charge >= 0.3 is 0 Å². The first kappa shape index (κ1) is 15.4. The van der Waals surface area contributed by atoms with Crippen molar-refractivity contribution in [3.63, 3.8) is 0 Å². The molecule has 0 spiro atoms. The minimum absolute atomic E-state index is 0.0292. The Balaban J connectivity index is 2.52. The molecular formula is C13H19Cl2N3. The van der Waals surface area contributed by atoms with Gasteiger partial charge in [0.25, 0.3) is 0 Å². The van der Waals surface area contributed by atoms with Crippen LogP contribution in [0, 0.1) is 0 Å². The summed E-state index contributed by atoms with van der Waals surface area (Å²) in [5.74, 6) is 5.55. The molecule has 3 N–H and O–H groups in total. The van der Waals surface area contributed by atoms with E-state index in [1.807, 2.05) is 6.08 Å². The number of pyridine rings is 1. The molecule has 1 aromatic heterocycles. The number of nitrogens with zero attached hydrogens (tertiary/aromatic N) is 1. The van der Waals surface area contributed by atoms with Crippen molar-refractivity contribution in [2.45, 2.75) is 38.1 Å². The summed E-state index contributed by atoms with van der Waals surface area (Å²) in [6, 6.07) is 1.66. The van der Waals surface area contributed by atoms with Gasteiger partial charge < -0.3 is 0 Å². The van der Waals surface area contributed by atoms with Gasteiger partial charge in [-0.15, -0.1) is 6.58 Å². The maximum atomic E-state index is 6.11. The summed E-state index contributed by atoms with van der Waals surface area (Å²) in [4.78, 5) is 4.24. The second-order valence-electron chi connectivity index (χ2n) is 4.17. The highest BCUT2D eigenvalue weighted by atomic mass is 35.5. The summed E-state index contributed by atoms with van der Waals surface area (Å²) in [5, 5.41) is 1.09. The molecule has 0 saturated heterocycles. The number of hydrogen-bond acceptors (Lipinski definition) is 3. The Kier molecular flexibility index (Phi) is 7.28. The average Bonchev–Trinajstić information content (AvgIpc) is 2.35. The molecule has 0 saturated carbocycles. The van der Waals surface area contributed by atoms with E-state index in [-0.39, 0.29) is 6.04 Å². The number of nitrogens with two attached hydrogens (primary N) is 1. The zero-order valence-corrected chi connectivity index (χ0v) is 11.8. The second-order valence-corrected chi connectivity index (χ2v) is 5.01. The third-order valence-corrected chi connectivity index (χ3v) is 3.28. The van der Waals surface area contributed by atoms with Gasteiger partial charge in [-0.05, 0) is 25.3 Å². The number of nitrogens with one attached hydrogen (secondary N) is 1. The third kappa shape index (κ3) is 4.94. The largest absolute Gasteiger partial charge is 0.271 e. The SMILES string of the molecule is C=CCCCCCC(NN)c1ncc(Cl)cc1Cl. The van der Waals surface area contributed by atoms with Crippen molar-refractivity contribution in [1.29, 1.82) is 0 Å². The van der Waals surface area contributed by atoms with E-state index < -0.39 is 0 Å². The standard InChI is InChI=1S/C13H19Cl2N3/c1-2-3-4-5-6-7-12(18-16)13-11(15)8-10(14)9-17-13/h2,8-9,12,18H,1,3-7,16H2. The van der Waals surface area contributed by atoms with Crippen LogP contribution in [0.25, 0.3) is 0 Å². The molecular weight excluding hydrogens is 269 g/mol. The van der Waals surface area contributed by atoms with Crippen molar-refractivity contribution < 1.29 is 0 Å². The molecule has 1 heterocycles. The van der Waals surface area contributed by atoms with Crippen LogP contribution in [0.1, 0.15) is 43.8 Å². The van der Waals surface area contributed by atoms with Gasteiger partial charge in [0.05, 0.1) is 21.8 Å². The fourth-order valence-corrected chi connectivity index (χ4v) is 2.31. The minimum atomic E-state index is -0.0292. The first-order valence-electron chi connectivity index (χ1n) is 6.07. The molecule has 18 heavy (non-hydrogen) atoms. The maximum absolute atomic E-state index is 6.11. The zero-order valence-electron chi connectivity index (χ0n) is 10.3. The van der Waals surface area contributed by atoms with Crippen molar-refractivity contribution in [2.24, 2.45) is 5.84 Å². The average molecular weight is 288 g/mol. The highest BCUT2D eigenvalue weighted by Gasteiger charge is 2.14. The van der Waals surface area contributed by atoms with E-state index in [2.05, 4.69) is 17.0 Å². The monoisotopic (exact) mass is 287 g/mol. The van der Waals surface area contributed by atoms with Crippen molar-refractivity contribution in [3.8, 4) is 0 Å². The number of hydrazine groups is 1. The van der Waals surface area contributed by atoms with Crippen LogP contribution in [0.3, 0.4) is 0 Å². The van der Waals surface area contributed by atoms with E-state index in [1.165, 1.54) is 0 Å². The molecule has 0 bridgehead atoms. The predicted molar refractivity (Wildman–Crippen MR) is 77.6 cm³/mol. The van der Waals surface area contributed by atoms with Crippen LogP contribution >= 0.6 is 23.2 Å². The zero-order chi connectivity index (χ0) is 13.4. The third-order valence-electron chi connectivity index (χ3n) is 2.77. The van der Waals surface area contributed by atoms with Crippen LogP contribution in [-0.2, 0) is 0 Å². The fraction of sp³-hybridized carbons (Fsp3) is 0.462. The highest BCUT2D eigenvalue weighted by molar-refractivity contribution is 6.34. The van der Waals surface area contributed by atoms with Crippen LogP contribution in [0.5, 0.6) is 0 Å². The lowest BCUT2D eigenvalue weighted by atomic mass is 10.0. The Morgan fingerprint density at radius 2 is 2.17 bits per heavy atom. The molecule has 1 aromatic rings. The van der Waals surface area contributed by atoms with Gasteiger partial charge in [-0.1, -0.05) is 42.1 Å². The van der Waals surface area contributed by atoms with Gasteiger partial charge in [0.2, 0.25) is 0 Å². The van der Waals surface area contributed by atoms with E-state index in [0.29, 0.717) is 10.0 Å². The highest BCUT2D eigenvalue weighted by Crippen LogP contribution is 2.26. The molecule has 1 unspecified atom stereocenters. The summed E-state index contributed by atoms with van der Waals surface area (Å²) < 4.78 is 0. The molecule has 3 nitrogen and oxygen atoms in total. The number of aromatic nitrogens is 1. The lowest BCUT2D eigenvalue weighted by Gasteiger charge is -2.16. The maximum Gasteiger partial charge on any atom is 0.0773 e. The molecule has 1 rings (SSSR count). The van der Waals surface area contributed by atoms with Crippen LogP contribution in [0.15, 0.2) is 24.9 Å². The predicted octanol–water partition coefficient (Wildman–Crippen LogP) is 4.03. The van der Waals surface area contributed by atoms with Crippen LogP contribution in [0.4, 0.5) is 0 Å². The minimum Gasteiger partial charge on any atom is -0.271 e. The van der Waals surface area contributed by atoms with Crippen LogP contribution in [0.2, 0.25) is 10.0 Å². The van der Waals surface area contributed by atoms with E-state index in [4.69, 9.17) is 29.0 Å². The fourth-order valence-electron chi connectivity index (χ4n) is 1.79.